The predicted octanol–water partition coefficient (Wildman–Crippen LogP) is 4.15. The van der Waals surface area contributed by atoms with E-state index in [1.807, 2.05) is 23.2 Å². The van der Waals surface area contributed by atoms with E-state index in [0.717, 1.165) is 80.4 Å². The Morgan fingerprint density at radius 2 is 1.78 bits per heavy atom. The lowest BCUT2D eigenvalue weighted by Crippen LogP contribution is -2.49. The fourth-order valence-corrected chi connectivity index (χ4v) is 5.89. The van der Waals surface area contributed by atoms with E-state index in [0.29, 0.717) is 17.7 Å². The number of benzene rings is 1. The molecule has 1 atom stereocenters. The van der Waals surface area contributed by atoms with Crippen molar-refractivity contribution in [3.63, 3.8) is 0 Å². The highest BCUT2D eigenvalue weighted by Gasteiger charge is 2.33. The molecule has 1 aromatic rings. The Hall–Kier alpha value is -3.30. The van der Waals surface area contributed by atoms with Crippen LogP contribution < -0.4 is 0 Å². The number of rotatable bonds is 7. The van der Waals surface area contributed by atoms with Gasteiger partial charge >= 0.3 is 0 Å². The molecule has 2 saturated heterocycles. The second-order valence-electron chi connectivity index (χ2n) is 10.1. The number of ketones is 1. The number of allylic oxidation sites excluding steroid dienone is 1. The number of halogens is 2. The number of nitrogens with zero attached hydrogens (tertiary/aromatic N) is 4. The van der Waals surface area contributed by atoms with Crippen LogP contribution in [0.4, 0.5) is 8.78 Å². The van der Waals surface area contributed by atoms with Crippen LogP contribution in [0.15, 0.2) is 55.0 Å². The second-order valence-corrected chi connectivity index (χ2v) is 10.1. The predicted molar refractivity (Wildman–Crippen MR) is 135 cm³/mol. The molecule has 2 fully saturated rings. The minimum atomic E-state index is -0.769. The van der Waals surface area contributed by atoms with Gasteiger partial charge in [0.2, 0.25) is 0 Å². The van der Waals surface area contributed by atoms with E-state index in [-0.39, 0.29) is 18.2 Å². The summed E-state index contributed by atoms with van der Waals surface area (Å²) >= 11 is 0. The van der Waals surface area contributed by atoms with Crippen molar-refractivity contribution in [3.05, 3.63) is 77.8 Å². The quantitative estimate of drug-likeness (QED) is 0.282. The third-order valence-electron chi connectivity index (χ3n) is 7.91. The molecule has 0 aromatic heterocycles. The second kappa shape index (κ2) is 11.0. The summed E-state index contributed by atoms with van der Waals surface area (Å²) in [4.78, 5) is 21.2. The summed E-state index contributed by atoms with van der Waals surface area (Å²) in [5.74, 6) is -0.658. The highest BCUT2D eigenvalue weighted by molar-refractivity contribution is 6.04. The van der Waals surface area contributed by atoms with Crippen molar-refractivity contribution in [2.75, 3.05) is 32.8 Å². The standard InChI is InChI=1S/C28H32F2N4O3/c29-22-14-21(15-23(30)16-22)27(36)7-11-32-9-3-20(4-10-32)26(18-35)33-12-5-19(6-13-33)25-17-31-28-24(25)2-1-8-34(28)37/h1-2,7-8,11,14-17,19-20,26,35,37H,3-6,9-10,12-13,18H2. The fourth-order valence-electron chi connectivity index (χ4n) is 5.89. The molecular formula is C28H32F2N4O3. The number of fused-ring (bicyclic) bond motifs is 1. The van der Waals surface area contributed by atoms with Gasteiger partial charge in [-0.2, -0.15) is 4.73 Å². The number of hydrogen-bond donors (Lipinski definition) is 2. The average molecular weight is 511 g/mol. The molecule has 5 rings (SSSR count). The monoisotopic (exact) mass is 510 g/mol. The van der Waals surface area contributed by atoms with E-state index in [2.05, 4.69) is 9.88 Å². The van der Waals surface area contributed by atoms with Crippen LogP contribution in [0.25, 0.3) is 11.4 Å². The highest BCUT2D eigenvalue weighted by Crippen LogP contribution is 2.37. The van der Waals surface area contributed by atoms with Crippen LogP contribution in [0, 0.1) is 17.6 Å². The normalized spacial score (nSPS) is 19.2. The van der Waals surface area contributed by atoms with E-state index >= 15 is 0 Å². The van der Waals surface area contributed by atoms with E-state index in [9.17, 15) is 23.9 Å². The third-order valence-corrected chi connectivity index (χ3v) is 7.91. The Morgan fingerprint density at radius 1 is 1.08 bits per heavy atom. The topological polar surface area (TPSA) is 81.8 Å². The van der Waals surface area contributed by atoms with Crippen LogP contribution in [0.3, 0.4) is 0 Å². The highest BCUT2D eigenvalue weighted by atomic mass is 19.1. The van der Waals surface area contributed by atoms with Crippen molar-refractivity contribution in [1.82, 2.24) is 19.5 Å². The van der Waals surface area contributed by atoms with Crippen molar-refractivity contribution in [2.45, 2.75) is 37.6 Å². The van der Waals surface area contributed by atoms with Crippen LogP contribution in [-0.2, 0) is 0 Å². The number of likely N-dealkylation sites (tertiary alicyclic amines) is 2. The van der Waals surface area contributed by atoms with Crippen LogP contribution in [-0.4, -0.2) is 74.4 Å². The summed E-state index contributed by atoms with van der Waals surface area (Å²) in [7, 11) is 0. The number of aromatic nitrogens is 2. The van der Waals surface area contributed by atoms with Gasteiger partial charge in [-0.1, -0.05) is 0 Å². The van der Waals surface area contributed by atoms with E-state index < -0.39 is 17.4 Å². The zero-order valence-electron chi connectivity index (χ0n) is 20.6. The van der Waals surface area contributed by atoms with Gasteiger partial charge < -0.3 is 15.2 Å². The van der Waals surface area contributed by atoms with Gasteiger partial charge in [0.1, 0.15) is 11.6 Å². The lowest BCUT2D eigenvalue weighted by molar-refractivity contribution is 0.0396. The molecule has 0 bridgehead atoms. The van der Waals surface area contributed by atoms with Gasteiger partial charge in [-0.3, -0.25) is 9.69 Å². The van der Waals surface area contributed by atoms with Crippen molar-refractivity contribution < 1.29 is 23.9 Å². The number of aliphatic hydroxyl groups excluding tert-OH is 1. The minimum absolute atomic E-state index is 0.00605. The third kappa shape index (κ3) is 5.52. The fraction of sp³-hybridized carbons (Fsp3) is 0.429. The summed E-state index contributed by atoms with van der Waals surface area (Å²) in [6.45, 7) is 3.41. The Morgan fingerprint density at radius 3 is 2.46 bits per heavy atom. The molecule has 0 amide bonds. The number of piperidine rings is 2. The lowest BCUT2D eigenvalue weighted by atomic mass is 9.84. The maximum Gasteiger partial charge on any atom is 0.187 e. The van der Waals surface area contributed by atoms with Crippen molar-refractivity contribution in [3.8, 4) is 11.4 Å². The lowest BCUT2D eigenvalue weighted by Gasteiger charge is -2.43. The summed E-state index contributed by atoms with van der Waals surface area (Å²) in [5.41, 5.74) is 2.16. The molecule has 0 saturated carbocycles. The largest absolute Gasteiger partial charge is 0.427 e. The van der Waals surface area contributed by atoms with Gasteiger partial charge in [-0.25, -0.2) is 13.8 Å². The van der Waals surface area contributed by atoms with Gasteiger partial charge in [0.05, 0.1) is 6.61 Å². The number of pyridine rings is 1. The van der Waals surface area contributed by atoms with Crippen LogP contribution in [0.5, 0.6) is 0 Å². The first-order valence-corrected chi connectivity index (χ1v) is 12.9. The summed E-state index contributed by atoms with van der Waals surface area (Å²) in [5, 5.41) is 20.2. The average Bonchev–Trinajstić information content (AvgIpc) is 3.34. The molecule has 1 unspecified atom stereocenters. The van der Waals surface area contributed by atoms with Gasteiger partial charge in [-0.15, -0.1) is 0 Å². The summed E-state index contributed by atoms with van der Waals surface area (Å²) < 4.78 is 27.9. The number of hydrogen-bond acceptors (Lipinski definition) is 6. The molecule has 196 valence electrons. The Balaban J connectivity index is 1.13. The SMILES string of the molecule is O=C(C=CN1CCC(C(CO)N2CCC(c3cnc4n(O)cccc3-4)CC2)CC1)c1cc(F)cc(F)c1. The van der Waals surface area contributed by atoms with Gasteiger partial charge in [0.15, 0.2) is 11.6 Å². The first kappa shape index (κ1) is 25.4. The molecule has 9 heteroatoms. The molecular weight excluding hydrogens is 478 g/mol. The van der Waals surface area contributed by atoms with E-state index in [1.54, 1.807) is 12.4 Å². The Bertz CT molecular complexity index is 1210. The van der Waals surface area contributed by atoms with E-state index in [1.165, 1.54) is 11.6 Å². The van der Waals surface area contributed by atoms with Crippen molar-refractivity contribution in [2.24, 2.45) is 5.92 Å². The van der Waals surface area contributed by atoms with Gasteiger partial charge in [0, 0.05) is 61.0 Å². The molecule has 4 aliphatic heterocycles. The molecule has 2 N–H and O–H groups in total. The minimum Gasteiger partial charge on any atom is -0.427 e. The Kier molecular flexibility index (Phi) is 7.53. The number of carbonyl (C=O) groups excluding carboxylic acids is 1. The van der Waals surface area contributed by atoms with Crippen molar-refractivity contribution in [1.29, 1.82) is 0 Å². The van der Waals surface area contributed by atoms with Crippen LogP contribution in [0.2, 0.25) is 0 Å². The molecule has 4 aliphatic rings. The zero-order valence-corrected chi connectivity index (χ0v) is 20.6. The van der Waals surface area contributed by atoms with Crippen LogP contribution >= 0.6 is 0 Å². The number of aliphatic hydroxyl groups is 1. The summed E-state index contributed by atoms with van der Waals surface area (Å²) in [6, 6.07) is 6.74. The van der Waals surface area contributed by atoms with E-state index in [4.69, 9.17) is 0 Å². The van der Waals surface area contributed by atoms with Gasteiger partial charge in [-0.05, 0) is 80.4 Å². The van der Waals surface area contributed by atoms with Crippen molar-refractivity contribution >= 4 is 5.78 Å². The smallest absolute Gasteiger partial charge is 0.187 e. The molecule has 0 radical (unpaired) electrons. The Labute approximate surface area is 214 Å². The maximum atomic E-state index is 13.4. The molecule has 7 nitrogen and oxygen atoms in total. The first-order chi connectivity index (χ1) is 17.9. The molecule has 4 heterocycles. The molecule has 37 heavy (non-hydrogen) atoms. The molecule has 1 aromatic carbocycles. The first-order valence-electron chi connectivity index (χ1n) is 12.9. The molecule has 0 aliphatic carbocycles. The van der Waals surface area contributed by atoms with Crippen LogP contribution in [0.1, 0.15) is 47.5 Å². The maximum absolute atomic E-state index is 13.4. The zero-order chi connectivity index (χ0) is 25.9. The summed E-state index contributed by atoms with van der Waals surface area (Å²) in [6.07, 6.45) is 10.3. The molecule has 0 spiro atoms. The van der Waals surface area contributed by atoms with Gasteiger partial charge in [0.25, 0.3) is 0 Å². The number of carbonyl (C=O) groups is 1.